The number of ketones is 1. The van der Waals surface area contributed by atoms with Gasteiger partial charge in [-0.25, -0.2) is 0 Å². The van der Waals surface area contributed by atoms with Crippen molar-refractivity contribution in [1.82, 2.24) is 0 Å². The van der Waals surface area contributed by atoms with Crippen LogP contribution in [0, 0.1) is 5.92 Å². The molecule has 0 heterocycles. The Morgan fingerprint density at radius 1 is 1.27 bits per heavy atom. The Labute approximate surface area is 70.2 Å². The van der Waals surface area contributed by atoms with E-state index in [1.165, 1.54) is 19.3 Å². The van der Waals surface area contributed by atoms with Gasteiger partial charge in [0.2, 0.25) is 0 Å². The molecule has 0 spiro atoms. The van der Waals surface area contributed by atoms with Crippen LogP contribution >= 0.6 is 0 Å². The summed E-state index contributed by atoms with van der Waals surface area (Å²) in [5.74, 6) is 0.699. The van der Waals surface area contributed by atoms with E-state index in [0.29, 0.717) is 11.7 Å². The van der Waals surface area contributed by atoms with Gasteiger partial charge in [0.15, 0.2) is 0 Å². The van der Waals surface area contributed by atoms with Gasteiger partial charge in [0.25, 0.3) is 0 Å². The van der Waals surface area contributed by atoms with Crippen molar-refractivity contribution in [2.45, 2.75) is 52.9 Å². The van der Waals surface area contributed by atoms with Gasteiger partial charge in [-0.3, -0.25) is 4.79 Å². The van der Waals surface area contributed by atoms with Crippen LogP contribution in [0.15, 0.2) is 0 Å². The number of hydrogen-bond donors (Lipinski definition) is 0. The van der Waals surface area contributed by atoms with Gasteiger partial charge in [0.05, 0.1) is 0 Å². The van der Waals surface area contributed by atoms with E-state index in [2.05, 4.69) is 13.8 Å². The molecule has 0 aliphatic carbocycles. The average molecular weight is 156 g/mol. The fraction of sp³-hybridized carbons (Fsp3) is 0.900. The first-order valence-electron chi connectivity index (χ1n) is 4.72. The van der Waals surface area contributed by atoms with E-state index in [4.69, 9.17) is 0 Å². The van der Waals surface area contributed by atoms with E-state index >= 15 is 0 Å². The molecule has 0 aliphatic heterocycles. The Bertz CT molecular complexity index is 107. The van der Waals surface area contributed by atoms with E-state index < -0.39 is 0 Å². The molecule has 11 heavy (non-hydrogen) atoms. The predicted molar refractivity (Wildman–Crippen MR) is 48.6 cm³/mol. The zero-order chi connectivity index (χ0) is 8.69. The van der Waals surface area contributed by atoms with Crippen LogP contribution in [0.3, 0.4) is 0 Å². The number of carbonyl (C=O) groups is 1. The van der Waals surface area contributed by atoms with Gasteiger partial charge in [-0.15, -0.1) is 0 Å². The third-order valence-electron chi connectivity index (χ3n) is 2.22. The minimum absolute atomic E-state index is 0.335. The molecule has 66 valence electrons. The first kappa shape index (κ1) is 10.7. The van der Waals surface area contributed by atoms with Crippen molar-refractivity contribution in [3.63, 3.8) is 0 Å². The Morgan fingerprint density at radius 3 is 2.27 bits per heavy atom. The standard InChI is InChI=1S/C10H20O/c1-4-6-7-8-10(5-2)9(3)11/h10H,4-8H2,1-3H3/t10-/m0/s1. The van der Waals surface area contributed by atoms with Crippen LogP contribution in [-0.2, 0) is 4.79 Å². The number of rotatable bonds is 6. The highest BCUT2D eigenvalue weighted by Crippen LogP contribution is 2.13. The largest absolute Gasteiger partial charge is 0.300 e. The van der Waals surface area contributed by atoms with Crippen LogP contribution in [-0.4, -0.2) is 5.78 Å². The minimum atomic E-state index is 0.335. The maximum atomic E-state index is 11.0. The molecule has 0 aliphatic rings. The number of hydrogen-bond acceptors (Lipinski definition) is 1. The second kappa shape index (κ2) is 6.38. The summed E-state index contributed by atoms with van der Waals surface area (Å²) in [6.07, 6.45) is 5.84. The minimum Gasteiger partial charge on any atom is -0.300 e. The SMILES string of the molecule is CCCCC[C@H](CC)C(C)=O. The third-order valence-corrected chi connectivity index (χ3v) is 2.22. The molecular formula is C10H20O. The third kappa shape index (κ3) is 5.00. The fourth-order valence-corrected chi connectivity index (χ4v) is 1.34. The average Bonchev–Trinajstić information content (AvgIpc) is 1.97. The van der Waals surface area contributed by atoms with Crippen LogP contribution in [0.5, 0.6) is 0 Å². The summed E-state index contributed by atoms with van der Waals surface area (Å²) in [6.45, 7) is 5.99. The summed E-state index contributed by atoms with van der Waals surface area (Å²) < 4.78 is 0. The van der Waals surface area contributed by atoms with Gasteiger partial charge < -0.3 is 0 Å². The summed E-state index contributed by atoms with van der Waals surface area (Å²) in [5, 5.41) is 0. The lowest BCUT2D eigenvalue weighted by molar-refractivity contribution is -0.121. The predicted octanol–water partition coefficient (Wildman–Crippen LogP) is 3.18. The van der Waals surface area contributed by atoms with Crippen molar-refractivity contribution < 1.29 is 4.79 Å². The van der Waals surface area contributed by atoms with Crippen LogP contribution in [0.1, 0.15) is 52.9 Å². The molecule has 0 bridgehead atoms. The highest BCUT2D eigenvalue weighted by molar-refractivity contribution is 5.78. The number of Topliss-reactive ketones (excluding diaryl/α,β-unsaturated/α-hetero) is 1. The molecule has 0 fully saturated rings. The molecule has 0 radical (unpaired) electrons. The molecule has 1 nitrogen and oxygen atoms in total. The molecular weight excluding hydrogens is 136 g/mol. The van der Waals surface area contributed by atoms with Crippen molar-refractivity contribution in [3.05, 3.63) is 0 Å². The van der Waals surface area contributed by atoms with Gasteiger partial charge >= 0.3 is 0 Å². The maximum Gasteiger partial charge on any atom is 0.132 e. The summed E-state index contributed by atoms with van der Waals surface area (Å²) in [6, 6.07) is 0. The highest BCUT2D eigenvalue weighted by atomic mass is 16.1. The fourth-order valence-electron chi connectivity index (χ4n) is 1.34. The Kier molecular flexibility index (Phi) is 6.19. The molecule has 1 atom stereocenters. The first-order chi connectivity index (χ1) is 5.22. The topological polar surface area (TPSA) is 17.1 Å². The normalized spacial score (nSPS) is 13.0. The summed E-state index contributed by atoms with van der Waals surface area (Å²) >= 11 is 0. The van der Waals surface area contributed by atoms with E-state index in [1.54, 1.807) is 6.92 Å². The summed E-state index contributed by atoms with van der Waals surface area (Å²) in [4.78, 5) is 11.0. The molecule has 0 aromatic rings. The lowest BCUT2D eigenvalue weighted by Gasteiger charge is -2.09. The van der Waals surface area contributed by atoms with Gasteiger partial charge in [-0.1, -0.05) is 33.1 Å². The van der Waals surface area contributed by atoms with Gasteiger partial charge in [0, 0.05) is 5.92 Å². The van der Waals surface area contributed by atoms with Crippen LogP contribution < -0.4 is 0 Å². The van der Waals surface area contributed by atoms with Crippen LogP contribution in [0.4, 0.5) is 0 Å². The zero-order valence-electron chi connectivity index (χ0n) is 8.02. The molecule has 0 unspecified atom stereocenters. The van der Waals surface area contributed by atoms with E-state index in [9.17, 15) is 4.79 Å². The lowest BCUT2D eigenvalue weighted by atomic mass is 9.95. The van der Waals surface area contributed by atoms with Gasteiger partial charge in [-0.2, -0.15) is 0 Å². The number of carbonyl (C=O) groups excluding carboxylic acids is 1. The second-order valence-corrected chi connectivity index (χ2v) is 3.21. The molecule has 0 rings (SSSR count). The van der Waals surface area contributed by atoms with E-state index in [-0.39, 0.29) is 0 Å². The second-order valence-electron chi connectivity index (χ2n) is 3.21. The van der Waals surface area contributed by atoms with E-state index in [1.807, 2.05) is 0 Å². The van der Waals surface area contributed by atoms with Gasteiger partial charge in [0.1, 0.15) is 5.78 Å². The van der Waals surface area contributed by atoms with Crippen molar-refractivity contribution in [1.29, 1.82) is 0 Å². The van der Waals surface area contributed by atoms with Gasteiger partial charge in [-0.05, 0) is 19.8 Å². The molecule has 0 amide bonds. The Morgan fingerprint density at radius 2 is 1.91 bits per heavy atom. The monoisotopic (exact) mass is 156 g/mol. The van der Waals surface area contributed by atoms with Crippen molar-refractivity contribution >= 4 is 5.78 Å². The summed E-state index contributed by atoms with van der Waals surface area (Å²) in [7, 11) is 0. The molecule has 1 heteroatoms. The van der Waals surface area contributed by atoms with E-state index in [0.717, 1.165) is 12.8 Å². The quantitative estimate of drug-likeness (QED) is 0.540. The van der Waals surface area contributed by atoms with Crippen LogP contribution in [0.25, 0.3) is 0 Å². The summed E-state index contributed by atoms with van der Waals surface area (Å²) in [5.41, 5.74) is 0. The maximum absolute atomic E-state index is 11.0. The molecule has 0 aromatic carbocycles. The zero-order valence-corrected chi connectivity index (χ0v) is 8.02. The van der Waals surface area contributed by atoms with Crippen molar-refractivity contribution in [3.8, 4) is 0 Å². The first-order valence-corrected chi connectivity index (χ1v) is 4.72. The van der Waals surface area contributed by atoms with Crippen molar-refractivity contribution in [2.24, 2.45) is 5.92 Å². The Balaban J connectivity index is 3.44. The Hall–Kier alpha value is -0.330. The number of unbranched alkanes of at least 4 members (excludes halogenated alkanes) is 2. The molecule has 0 saturated carbocycles. The molecule has 0 N–H and O–H groups in total. The smallest absolute Gasteiger partial charge is 0.132 e. The van der Waals surface area contributed by atoms with Crippen LogP contribution in [0.2, 0.25) is 0 Å². The highest BCUT2D eigenvalue weighted by Gasteiger charge is 2.09. The molecule has 0 saturated heterocycles. The molecule has 0 aromatic heterocycles. The lowest BCUT2D eigenvalue weighted by Crippen LogP contribution is -2.09. The van der Waals surface area contributed by atoms with Crippen molar-refractivity contribution in [2.75, 3.05) is 0 Å².